The number of hydrogen-bond donors (Lipinski definition) is 0. The van der Waals surface area contributed by atoms with Crippen LogP contribution < -0.4 is 0 Å². The summed E-state index contributed by atoms with van der Waals surface area (Å²) < 4.78 is 0. The second-order valence-corrected chi connectivity index (χ2v) is 11.9. The maximum atomic E-state index is 2.59. The van der Waals surface area contributed by atoms with Crippen LogP contribution in [0.1, 0.15) is 126 Å². The van der Waals surface area contributed by atoms with Gasteiger partial charge in [0, 0.05) is 0 Å². The lowest BCUT2D eigenvalue weighted by Gasteiger charge is -2.52. The van der Waals surface area contributed by atoms with E-state index in [4.69, 9.17) is 0 Å². The summed E-state index contributed by atoms with van der Waals surface area (Å²) in [5.41, 5.74) is 9.19. The van der Waals surface area contributed by atoms with Gasteiger partial charge in [0.1, 0.15) is 0 Å². The summed E-state index contributed by atoms with van der Waals surface area (Å²) in [6.07, 6.45) is 21.6. The highest BCUT2D eigenvalue weighted by atomic mass is 14.5. The van der Waals surface area contributed by atoms with Gasteiger partial charge in [0.25, 0.3) is 0 Å². The fraction of sp³-hybridized carbons (Fsp3) is 0.733. The summed E-state index contributed by atoms with van der Waals surface area (Å²) in [6.45, 7) is 19.0. The van der Waals surface area contributed by atoms with Crippen LogP contribution in [0.15, 0.2) is 46.1 Å². The molecule has 1 fully saturated rings. The van der Waals surface area contributed by atoms with Crippen molar-refractivity contribution in [1.29, 1.82) is 0 Å². The van der Waals surface area contributed by atoms with Crippen LogP contribution in [0.4, 0.5) is 0 Å². The van der Waals surface area contributed by atoms with Crippen molar-refractivity contribution < 1.29 is 0 Å². The first-order valence-corrected chi connectivity index (χ1v) is 12.7. The number of fused-ring (bicyclic) bond motifs is 1. The molecule has 0 heteroatoms. The normalized spacial score (nSPS) is 27.1. The third-order valence-electron chi connectivity index (χ3n) is 8.04. The summed E-state index contributed by atoms with van der Waals surface area (Å²) in [4.78, 5) is 0. The van der Waals surface area contributed by atoms with E-state index in [-0.39, 0.29) is 0 Å². The smallest absolute Gasteiger partial charge is 0.0141 e. The topological polar surface area (TPSA) is 0 Å². The van der Waals surface area contributed by atoms with Crippen LogP contribution >= 0.6 is 0 Å². The molecule has 0 nitrogen and oxygen atoms in total. The highest BCUT2D eigenvalue weighted by Crippen LogP contribution is 2.57. The van der Waals surface area contributed by atoms with Crippen molar-refractivity contribution in [2.45, 2.75) is 126 Å². The Kier molecular flexibility index (Phi) is 9.26. The minimum atomic E-state index is 0.522. The predicted molar refractivity (Wildman–Crippen MR) is 136 cm³/mol. The standard InChI is InChI=1S/C30H50/c1-23(2)12-9-13-24(3)14-10-15-25(4)16-11-17-27-26(5)18-19-30(8)21-20-29(6,7)22-28(27)30/h12,14,16,28H,9-11,13,15,17-22H2,1-8H3/b24-14+,25-16+/t28-,30-/m0/s1. The van der Waals surface area contributed by atoms with E-state index in [1.165, 1.54) is 76.2 Å². The van der Waals surface area contributed by atoms with Gasteiger partial charge in [-0.3, -0.25) is 0 Å². The zero-order chi connectivity index (χ0) is 22.4. The Labute approximate surface area is 189 Å². The predicted octanol–water partition coefficient (Wildman–Crippen LogP) is 10.1. The monoisotopic (exact) mass is 410 g/mol. The van der Waals surface area contributed by atoms with Crippen LogP contribution in [0.25, 0.3) is 0 Å². The summed E-state index contributed by atoms with van der Waals surface area (Å²) in [7, 11) is 0. The molecule has 0 heterocycles. The lowest BCUT2D eigenvalue weighted by Crippen LogP contribution is -2.41. The van der Waals surface area contributed by atoms with Gasteiger partial charge in [0.05, 0.1) is 0 Å². The molecule has 0 amide bonds. The average Bonchev–Trinajstić information content (AvgIpc) is 2.65. The van der Waals surface area contributed by atoms with Gasteiger partial charge in [-0.15, -0.1) is 0 Å². The maximum Gasteiger partial charge on any atom is -0.0141 e. The van der Waals surface area contributed by atoms with Gasteiger partial charge in [-0.2, -0.15) is 0 Å². The SMILES string of the molecule is CC(C)=CCC/C(C)=C/CC/C(C)=C/CCC1=C(C)CC[C@@]2(C)CCC(C)(C)C[C@@H]12. The summed E-state index contributed by atoms with van der Waals surface area (Å²) >= 11 is 0. The molecule has 0 N–H and O–H groups in total. The quantitative estimate of drug-likeness (QED) is 0.332. The highest BCUT2D eigenvalue weighted by Gasteiger charge is 2.45. The number of allylic oxidation sites excluding steroid dienone is 8. The fourth-order valence-corrected chi connectivity index (χ4v) is 5.67. The molecule has 2 aliphatic rings. The Morgan fingerprint density at radius 2 is 1.43 bits per heavy atom. The Balaban J connectivity index is 1.86. The zero-order valence-corrected chi connectivity index (χ0v) is 21.6. The summed E-state index contributed by atoms with van der Waals surface area (Å²) in [5, 5.41) is 0. The molecular formula is C30H50. The molecule has 2 rings (SSSR count). The third kappa shape index (κ3) is 7.58. The van der Waals surface area contributed by atoms with Crippen molar-refractivity contribution >= 4 is 0 Å². The van der Waals surface area contributed by atoms with Gasteiger partial charge >= 0.3 is 0 Å². The molecule has 2 aliphatic carbocycles. The van der Waals surface area contributed by atoms with Gasteiger partial charge in [-0.25, -0.2) is 0 Å². The van der Waals surface area contributed by atoms with E-state index in [1.807, 2.05) is 5.57 Å². The van der Waals surface area contributed by atoms with Crippen molar-refractivity contribution in [1.82, 2.24) is 0 Å². The number of hydrogen-bond acceptors (Lipinski definition) is 0. The third-order valence-corrected chi connectivity index (χ3v) is 8.04. The largest absolute Gasteiger partial charge is 0.0856 e. The molecular weight excluding hydrogens is 360 g/mol. The van der Waals surface area contributed by atoms with E-state index in [0.29, 0.717) is 10.8 Å². The van der Waals surface area contributed by atoms with Crippen molar-refractivity contribution in [3.8, 4) is 0 Å². The molecule has 2 atom stereocenters. The second kappa shape index (κ2) is 11.0. The molecule has 0 aromatic carbocycles. The molecule has 0 aromatic heterocycles. The first-order valence-electron chi connectivity index (χ1n) is 12.7. The van der Waals surface area contributed by atoms with Crippen LogP contribution in [0.3, 0.4) is 0 Å². The average molecular weight is 411 g/mol. The van der Waals surface area contributed by atoms with Crippen molar-refractivity contribution in [2.75, 3.05) is 0 Å². The van der Waals surface area contributed by atoms with Crippen molar-refractivity contribution in [3.05, 3.63) is 46.1 Å². The van der Waals surface area contributed by atoms with Gasteiger partial charge in [0.15, 0.2) is 0 Å². The van der Waals surface area contributed by atoms with Crippen LogP contribution in [-0.2, 0) is 0 Å². The van der Waals surface area contributed by atoms with Crippen LogP contribution in [0.5, 0.6) is 0 Å². The highest BCUT2D eigenvalue weighted by molar-refractivity contribution is 5.24. The summed E-state index contributed by atoms with van der Waals surface area (Å²) in [5.74, 6) is 0.829. The molecule has 30 heavy (non-hydrogen) atoms. The minimum absolute atomic E-state index is 0.522. The Bertz CT molecular complexity index is 690. The van der Waals surface area contributed by atoms with Gasteiger partial charge in [-0.05, 0) is 122 Å². The lowest BCUT2D eigenvalue weighted by atomic mass is 9.53. The first-order chi connectivity index (χ1) is 14.0. The Morgan fingerprint density at radius 3 is 2.07 bits per heavy atom. The molecule has 170 valence electrons. The van der Waals surface area contributed by atoms with Crippen LogP contribution in [0.2, 0.25) is 0 Å². The van der Waals surface area contributed by atoms with Crippen molar-refractivity contribution in [3.63, 3.8) is 0 Å². The molecule has 0 aromatic rings. The summed E-state index contributed by atoms with van der Waals surface area (Å²) in [6, 6.07) is 0. The molecule has 0 unspecified atom stereocenters. The van der Waals surface area contributed by atoms with E-state index in [9.17, 15) is 0 Å². The Morgan fingerprint density at radius 1 is 0.833 bits per heavy atom. The van der Waals surface area contributed by atoms with E-state index in [0.717, 1.165) is 5.92 Å². The maximum absolute atomic E-state index is 2.59. The fourth-order valence-electron chi connectivity index (χ4n) is 5.67. The van der Waals surface area contributed by atoms with E-state index < -0.39 is 0 Å². The molecule has 0 spiro atoms. The van der Waals surface area contributed by atoms with Gasteiger partial charge in [-0.1, -0.05) is 66.9 Å². The second-order valence-electron chi connectivity index (χ2n) is 11.9. The molecule has 1 saturated carbocycles. The van der Waals surface area contributed by atoms with Crippen LogP contribution in [-0.4, -0.2) is 0 Å². The first kappa shape index (κ1) is 25.2. The van der Waals surface area contributed by atoms with Crippen molar-refractivity contribution in [2.24, 2.45) is 16.7 Å². The van der Waals surface area contributed by atoms with E-state index >= 15 is 0 Å². The molecule has 0 aliphatic heterocycles. The zero-order valence-electron chi connectivity index (χ0n) is 21.6. The Hall–Kier alpha value is -1.04. The number of rotatable bonds is 9. The van der Waals surface area contributed by atoms with Crippen LogP contribution in [0, 0.1) is 16.7 Å². The molecule has 0 radical (unpaired) electrons. The molecule has 0 saturated heterocycles. The van der Waals surface area contributed by atoms with E-state index in [1.54, 1.807) is 16.7 Å². The minimum Gasteiger partial charge on any atom is -0.0856 e. The lowest BCUT2D eigenvalue weighted by molar-refractivity contribution is 0.0444. The van der Waals surface area contributed by atoms with Gasteiger partial charge in [0.2, 0.25) is 0 Å². The van der Waals surface area contributed by atoms with Gasteiger partial charge < -0.3 is 0 Å². The molecule has 0 bridgehead atoms. The van der Waals surface area contributed by atoms with E-state index in [2.05, 4.69) is 73.6 Å².